The minimum atomic E-state index is -2.97. The lowest BCUT2D eigenvalue weighted by molar-refractivity contribution is 0.361. The molecule has 0 amide bonds. The van der Waals surface area contributed by atoms with E-state index in [9.17, 15) is 8.42 Å². The summed E-state index contributed by atoms with van der Waals surface area (Å²) in [6.45, 7) is 0.454. The molecular formula is C9H12N6O3S. The third-order valence-electron chi connectivity index (χ3n) is 2.82. The van der Waals surface area contributed by atoms with Gasteiger partial charge in [0.1, 0.15) is 6.33 Å². The third-order valence-corrected chi connectivity index (χ3v) is 4.55. The van der Waals surface area contributed by atoms with Crippen LogP contribution in [0.15, 0.2) is 10.9 Å². The van der Waals surface area contributed by atoms with E-state index >= 15 is 0 Å². The third kappa shape index (κ3) is 2.79. The number of aromatic nitrogens is 5. The van der Waals surface area contributed by atoms with Crippen LogP contribution in [0.1, 0.15) is 5.89 Å². The summed E-state index contributed by atoms with van der Waals surface area (Å²) in [6, 6.07) is -0.193. The molecule has 10 heteroatoms. The summed E-state index contributed by atoms with van der Waals surface area (Å²) in [5.74, 6) is 1.37. The van der Waals surface area contributed by atoms with Crippen molar-refractivity contribution < 1.29 is 12.9 Å². The largest absolute Gasteiger partial charge is 0.339 e. The zero-order chi connectivity index (χ0) is 13.3. The van der Waals surface area contributed by atoms with Gasteiger partial charge in [-0.1, -0.05) is 5.16 Å². The van der Waals surface area contributed by atoms with Crippen LogP contribution >= 0.6 is 0 Å². The van der Waals surface area contributed by atoms with Crippen LogP contribution in [0.25, 0.3) is 11.6 Å². The topological polar surface area (TPSA) is 127 Å². The Hall–Kier alpha value is -1.81. The predicted octanol–water partition coefficient (Wildman–Crippen LogP) is -1.22. The van der Waals surface area contributed by atoms with Gasteiger partial charge >= 0.3 is 0 Å². The van der Waals surface area contributed by atoms with E-state index in [1.807, 2.05) is 0 Å². The SMILES string of the molecule is O=S1(=O)CCNC(Cc2nc(-c3ncn[nH]3)no2)C1. The Kier molecular flexibility index (Phi) is 3.03. The highest BCUT2D eigenvalue weighted by Gasteiger charge is 2.26. The average molecular weight is 284 g/mol. The molecular weight excluding hydrogens is 272 g/mol. The number of sulfone groups is 1. The van der Waals surface area contributed by atoms with Crippen LogP contribution < -0.4 is 5.32 Å². The maximum absolute atomic E-state index is 11.5. The molecule has 2 aromatic rings. The number of hydrogen-bond acceptors (Lipinski definition) is 8. The average Bonchev–Trinajstić information content (AvgIpc) is 2.96. The van der Waals surface area contributed by atoms with E-state index in [2.05, 4.69) is 30.6 Å². The molecule has 1 fully saturated rings. The highest BCUT2D eigenvalue weighted by atomic mass is 32.2. The molecule has 1 atom stereocenters. The number of nitrogens with zero attached hydrogens (tertiary/aromatic N) is 4. The Morgan fingerprint density at radius 2 is 2.37 bits per heavy atom. The van der Waals surface area contributed by atoms with Gasteiger partial charge in [0.05, 0.1) is 11.5 Å². The molecule has 3 rings (SSSR count). The van der Waals surface area contributed by atoms with Crippen LogP contribution in [0.5, 0.6) is 0 Å². The van der Waals surface area contributed by atoms with E-state index in [4.69, 9.17) is 4.52 Å². The molecule has 0 aromatic carbocycles. The normalized spacial score (nSPS) is 22.4. The fourth-order valence-electron chi connectivity index (χ4n) is 1.96. The van der Waals surface area contributed by atoms with E-state index in [-0.39, 0.29) is 17.5 Å². The van der Waals surface area contributed by atoms with Crippen LogP contribution in [-0.2, 0) is 16.3 Å². The van der Waals surface area contributed by atoms with Crippen LogP contribution in [0.3, 0.4) is 0 Å². The van der Waals surface area contributed by atoms with Crippen molar-refractivity contribution in [2.45, 2.75) is 12.5 Å². The first-order valence-corrected chi connectivity index (χ1v) is 7.57. The summed E-state index contributed by atoms with van der Waals surface area (Å²) < 4.78 is 28.1. The first-order valence-electron chi connectivity index (χ1n) is 5.74. The molecule has 1 unspecified atom stereocenters. The number of hydrogen-bond donors (Lipinski definition) is 2. The molecule has 9 nitrogen and oxygen atoms in total. The highest BCUT2D eigenvalue weighted by molar-refractivity contribution is 7.91. The zero-order valence-corrected chi connectivity index (χ0v) is 10.7. The number of nitrogens with one attached hydrogen (secondary N) is 2. The molecule has 2 aromatic heterocycles. The predicted molar refractivity (Wildman–Crippen MR) is 63.8 cm³/mol. The van der Waals surface area contributed by atoms with Gasteiger partial charge in [0.2, 0.25) is 11.7 Å². The summed E-state index contributed by atoms with van der Waals surface area (Å²) in [5, 5.41) is 13.2. The Morgan fingerprint density at radius 1 is 1.47 bits per heavy atom. The van der Waals surface area contributed by atoms with Gasteiger partial charge in [-0.25, -0.2) is 13.4 Å². The minimum Gasteiger partial charge on any atom is -0.339 e. The molecule has 1 saturated heterocycles. The molecule has 0 bridgehead atoms. The van der Waals surface area contributed by atoms with Gasteiger partial charge in [0.15, 0.2) is 15.7 Å². The molecule has 102 valence electrons. The Labute approximate surface area is 108 Å². The minimum absolute atomic E-state index is 0.0903. The standard InChI is InChI=1S/C9H12N6O3S/c16-19(17)2-1-10-6(4-19)3-7-13-9(15-18-7)8-11-5-12-14-8/h5-6,10H,1-4H2,(H,11,12,14). The number of H-pyrrole nitrogens is 1. The van der Waals surface area contributed by atoms with Gasteiger partial charge < -0.3 is 9.84 Å². The molecule has 1 aliphatic heterocycles. The number of aromatic amines is 1. The van der Waals surface area contributed by atoms with Gasteiger partial charge in [-0.3, -0.25) is 5.10 Å². The second-order valence-corrected chi connectivity index (χ2v) is 6.54. The zero-order valence-electron chi connectivity index (χ0n) is 9.90. The molecule has 2 N–H and O–H groups in total. The molecule has 1 aliphatic rings. The summed E-state index contributed by atoms with van der Waals surface area (Å²) in [7, 11) is -2.97. The van der Waals surface area contributed by atoms with Gasteiger partial charge in [0.25, 0.3) is 0 Å². The smallest absolute Gasteiger partial charge is 0.239 e. The fourth-order valence-corrected chi connectivity index (χ4v) is 3.40. The molecule has 19 heavy (non-hydrogen) atoms. The Balaban J connectivity index is 1.71. The first-order chi connectivity index (χ1) is 9.12. The van der Waals surface area contributed by atoms with Crippen molar-refractivity contribution in [1.29, 1.82) is 0 Å². The van der Waals surface area contributed by atoms with Crippen molar-refractivity contribution in [3.8, 4) is 11.6 Å². The molecule has 0 radical (unpaired) electrons. The van der Waals surface area contributed by atoms with Crippen LogP contribution in [0, 0.1) is 0 Å². The lowest BCUT2D eigenvalue weighted by Gasteiger charge is -2.21. The number of rotatable bonds is 3. The van der Waals surface area contributed by atoms with Gasteiger partial charge in [-0.05, 0) is 0 Å². The summed E-state index contributed by atoms with van der Waals surface area (Å²) in [6.07, 6.45) is 1.72. The van der Waals surface area contributed by atoms with E-state index in [1.54, 1.807) is 0 Å². The highest BCUT2D eigenvalue weighted by Crippen LogP contribution is 2.12. The van der Waals surface area contributed by atoms with Crippen molar-refractivity contribution in [1.82, 2.24) is 30.6 Å². The van der Waals surface area contributed by atoms with E-state index in [1.165, 1.54) is 6.33 Å². The van der Waals surface area contributed by atoms with E-state index in [0.29, 0.717) is 30.5 Å². The van der Waals surface area contributed by atoms with Crippen LogP contribution in [-0.4, -0.2) is 57.8 Å². The molecule has 0 aliphatic carbocycles. The summed E-state index contributed by atoms with van der Waals surface area (Å²) >= 11 is 0. The van der Waals surface area contributed by atoms with Gasteiger partial charge in [0, 0.05) is 19.0 Å². The van der Waals surface area contributed by atoms with Crippen molar-refractivity contribution in [3.63, 3.8) is 0 Å². The van der Waals surface area contributed by atoms with Crippen molar-refractivity contribution in [2.75, 3.05) is 18.1 Å². The first kappa shape index (κ1) is 12.2. The second-order valence-electron chi connectivity index (χ2n) is 4.32. The lowest BCUT2D eigenvalue weighted by atomic mass is 10.2. The summed E-state index contributed by atoms with van der Waals surface area (Å²) in [4.78, 5) is 8.05. The monoisotopic (exact) mass is 284 g/mol. The maximum atomic E-state index is 11.5. The van der Waals surface area contributed by atoms with E-state index in [0.717, 1.165) is 0 Å². The summed E-state index contributed by atoms with van der Waals surface area (Å²) in [5.41, 5.74) is 0. The van der Waals surface area contributed by atoms with Crippen molar-refractivity contribution >= 4 is 9.84 Å². The van der Waals surface area contributed by atoms with Gasteiger partial charge in [-0.15, -0.1) is 0 Å². The second kappa shape index (κ2) is 4.70. The fraction of sp³-hybridized carbons (Fsp3) is 0.556. The van der Waals surface area contributed by atoms with Crippen molar-refractivity contribution in [2.24, 2.45) is 0 Å². The molecule has 0 spiro atoms. The van der Waals surface area contributed by atoms with E-state index < -0.39 is 9.84 Å². The Morgan fingerprint density at radius 3 is 3.11 bits per heavy atom. The van der Waals surface area contributed by atoms with Crippen LogP contribution in [0.2, 0.25) is 0 Å². The van der Waals surface area contributed by atoms with Crippen LogP contribution in [0.4, 0.5) is 0 Å². The lowest BCUT2D eigenvalue weighted by Crippen LogP contribution is -2.46. The Bertz CT molecular complexity index is 649. The molecule has 3 heterocycles. The van der Waals surface area contributed by atoms with Crippen molar-refractivity contribution in [3.05, 3.63) is 12.2 Å². The molecule has 0 saturated carbocycles. The maximum Gasteiger partial charge on any atom is 0.239 e. The quantitative estimate of drug-likeness (QED) is 0.718. The van der Waals surface area contributed by atoms with Gasteiger partial charge in [-0.2, -0.15) is 10.1 Å².